The number of rotatable bonds is 1. The fourth-order valence-corrected chi connectivity index (χ4v) is 3.84. The lowest BCUT2D eigenvalue weighted by atomic mass is 9.74. The zero-order valence-corrected chi connectivity index (χ0v) is 13.2. The molecule has 1 aliphatic rings. The molecule has 1 saturated carbocycles. The number of hydrogen-bond acceptors (Lipinski definition) is 2. The van der Waals surface area contributed by atoms with E-state index in [4.69, 9.17) is 0 Å². The minimum absolute atomic E-state index is 0.251. The maximum absolute atomic E-state index is 4.42. The molecule has 21 heavy (non-hydrogen) atoms. The standard InChI is InChI=1S/C18H27N3/c1-18(13-8-6-4-2-3-5-7-9-14-18)15-11-10-12-16-17(15)20-21-19-16/h10-12H,2-9,13-14H2,1H3,(H,19,20,21). The third kappa shape index (κ3) is 3.28. The van der Waals surface area contributed by atoms with Gasteiger partial charge in [-0.15, -0.1) is 0 Å². The topological polar surface area (TPSA) is 41.6 Å². The number of benzene rings is 1. The highest BCUT2D eigenvalue weighted by Gasteiger charge is 2.28. The van der Waals surface area contributed by atoms with E-state index in [2.05, 4.69) is 40.5 Å². The SMILES string of the molecule is CC1(c2cccc3n[nH]nc23)CCCCCCCCCC1. The highest BCUT2D eigenvalue weighted by atomic mass is 15.3. The first kappa shape index (κ1) is 14.6. The average Bonchev–Trinajstić information content (AvgIpc) is 2.95. The van der Waals surface area contributed by atoms with Gasteiger partial charge in [-0.05, 0) is 29.9 Å². The van der Waals surface area contributed by atoms with Gasteiger partial charge in [0, 0.05) is 0 Å². The van der Waals surface area contributed by atoms with Crippen molar-refractivity contribution in [2.75, 3.05) is 0 Å². The van der Waals surface area contributed by atoms with Gasteiger partial charge in [-0.2, -0.15) is 15.4 Å². The van der Waals surface area contributed by atoms with Crippen molar-refractivity contribution in [3.05, 3.63) is 23.8 Å². The van der Waals surface area contributed by atoms with Crippen LogP contribution in [0.25, 0.3) is 11.0 Å². The Hall–Kier alpha value is -1.38. The number of nitrogens with zero attached hydrogens (tertiary/aromatic N) is 2. The number of fused-ring (bicyclic) bond motifs is 1. The van der Waals surface area contributed by atoms with Crippen LogP contribution in [0.1, 0.15) is 76.7 Å². The van der Waals surface area contributed by atoms with Gasteiger partial charge in [0.1, 0.15) is 11.0 Å². The van der Waals surface area contributed by atoms with Gasteiger partial charge in [-0.3, -0.25) is 0 Å². The number of para-hydroxylation sites is 1. The van der Waals surface area contributed by atoms with E-state index in [0.29, 0.717) is 0 Å². The third-order valence-corrected chi connectivity index (χ3v) is 5.20. The molecule has 3 heteroatoms. The van der Waals surface area contributed by atoms with Crippen molar-refractivity contribution in [3.63, 3.8) is 0 Å². The Morgan fingerprint density at radius 2 is 1.48 bits per heavy atom. The highest BCUT2D eigenvalue weighted by Crippen LogP contribution is 2.38. The number of H-pyrrole nitrogens is 1. The predicted molar refractivity (Wildman–Crippen MR) is 87.4 cm³/mol. The third-order valence-electron chi connectivity index (χ3n) is 5.20. The molecule has 1 fully saturated rings. The van der Waals surface area contributed by atoms with Crippen LogP contribution in [-0.4, -0.2) is 15.4 Å². The summed E-state index contributed by atoms with van der Waals surface area (Å²) in [7, 11) is 0. The van der Waals surface area contributed by atoms with E-state index in [-0.39, 0.29) is 5.41 Å². The zero-order valence-electron chi connectivity index (χ0n) is 13.2. The van der Waals surface area contributed by atoms with Crippen LogP contribution in [-0.2, 0) is 5.41 Å². The first-order chi connectivity index (χ1) is 10.3. The lowest BCUT2D eigenvalue weighted by Crippen LogP contribution is -2.22. The molecule has 3 rings (SSSR count). The summed E-state index contributed by atoms with van der Waals surface area (Å²) in [5.74, 6) is 0. The monoisotopic (exact) mass is 285 g/mol. The van der Waals surface area contributed by atoms with E-state index in [0.717, 1.165) is 11.0 Å². The molecule has 0 amide bonds. The summed E-state index contributed by atoms with van der Waals surface area (Å²) in [5.41, 5.74) is 3.73. The highest BCUT2D eigenvalue weighted by molar-refractivity contribution is 5.78. The Morgan fingerprint density at radius 1 is 0.857 bits per heavy atom. The fourth-order valence-electron chi connectivity index (χ4n) is 3.84. The van der Waals surface area contributed by atoms with Crippen molar-refractivity contribution < 1.29 is 0 Å². The van der Waals surface area contributed by atoms with Crippen LogP contribution in [0.2, 0.25) is 0 Å². The molecule has 0 atom stereocenters. The van der Waals surface area contributed by atoms with E-state index in [1.54, 1.807) is 0 Å². The van der Waals surface area contributed by atoms with Crippen LogP contribution in [0, 0.1) is 0 Å². The van der Waals surface area contributed by atoms with Crippen LogP contribution in [0.5, 0.6) is 0 Å². The Labute approximate surface area is 127 Å². The smallest absolute Gasteiger partial charge is 0.116 e. The van der Waals surface area contributed by atoms with Gasteiger partial charge < -0.3 is 0 Å². The zero-order chi connectivity index (χ0) is 14.5. The van der Waals surface area contributed by atoms with Gasteiger partial charge in [0.05, 0.1) is 0 Å². The lowest BCUT2D eigenvalue weighted by molar-refractivity contribution is 0.372. The Morgan fingerprint density at radius 3 is 2.14 bits per heavy atom. The molecule has 0 bridgehead atoms. The van der Waals surface area contributed by atoms with Crippen molar-refractivity contribution >= 4 is 11.0 Å². The second-order valence-electron chi connectivity index (χ2n) is 6.89. The van der Waals surface area contributed by atoms with Crippen LogP contribution in [0.4, 0.5) is 0 Å². The quantitative estimate of drug-likeness (QED) is 0.789. The molecule has 3 nitrogen and oxygen atoms in total. The normalized spacial score (nSPS) is 21.0. The molecule has 1 heterocycles. The van der Waals surface area contributed by atoms with Crippen molar-refractivity contribution in [1.82, 2.24) is 15.4 Å². The largest absolute Gasteiger partial charge is 0.197 e. The van der Waals surface area contributed by atoms with Gasteiger partial charge in [0.15, 0.2) is 0 Å². The molecule has 1 N–H and O–H groups in total. The summed E-state index contributed by atoms with van der Waals surface area (Å²) in [6.45, 7) is 2.44. The Balaban J connectivity index is 1.89. The second-order valence-corrected chi connectivity index (χ2v) is 6.89. The molecule has 0 radical (unpaired) electrons. The van der Waals surface area contributed by atoms with Gasteiger partial charge >= 0.3 is 0 Å². The van der Waals surface area contributed by atoms with E-state index < -0.39 is 0 Å². The van der Waals surface area contributed by atoms with Gasteiger partial charge in [0.25, 0.3) is 0 Å². The summed E-state index contributed by atoms with van der Waals surface area (Å²) in [6, 6.07) is 6.46. The van der Waals surface area contributed by atoms with Crippen LogP contribution < -0.4 is 0 Å². The Kier molecular flexibility index (Phi) is 4.57. The molecule has 0 aliphatic heterocycles. The summed E-state index contributed by atoms with van der Waals surface area (Å²) in [6.07, 6.45) is 13.7. The molecule has 1 aliphatic carbocycles. The molecule has 0 spiro atoms. The van der Waals surface area contributed by atoms with Crippen molar-refractivity contribution in [1.29, 1.82) is 0 Å². The van der Waals surface area contributed by atoms with Crippen molar-refractivity contribution in [2.24, 2.45) is 0 Å². The number of aromatic nitrogens is 3. The van der Waals surface area contributed by atoms with E-state index in [1.807, 2.05) is 0 Å². The minimum Gasteiger partial charge on any atom is -0.197 e. The molecule has 0 unspecified atom stereocenters. The van der Waals surface area contributed by atoms with Gasteiger partial charge in [-0.25, -0.2) is 0 Å². The summed E-state index contributed by atoms with van der Waals surface area (Å²) < 4.78 is 0. The van der Waals surface area contributed by atoms with E-state index in [1.165, 1.54) is 69.8 Å². The predicted octanol–water partition coefficient (Wildman–Crippen LogP) is 5.13. The van der Waals surface area contributed by atoms with Crippen LogP contribution in [0.3, 0.4) is 0 Å². The van der Waals surface area contributed by atoms with Gasteiger partial charge in [-0.1, -0.05) is 70.4 Å². The Bertz CT molecular complexity index is 561. The summed E-state index contributed by atoms with van der Waals surface area (Å²) in [4.78, 5) is 0. The summed E-state index contributed by atoms with van der Waals surface area (Å²) in [5, 5.41) is 11.5. The minimum atomic E-state index is 0.251. The maximum atomic E-state index is 4.42. The van der Waals surface area contributed by atoms with Crippen LogP contribution in [0.15, 0.2) is 18.2 Å². The van der Waals surface area contributed by atoms with E-state index >= 15 is 0 Å². The fraction of sp³-hybridized carbons (Fsp3) is 0.667. The first-order valence-electron chi connectivity index (χ1n) is 8.60. The number of hydrogen-bond donors (Lipinski definition) is 1. The molecule has 0 saturated heterocycles. The molecular formula is C18H27N3. The van der Waals surface area contributed by atoms with Crippen molar-refractivity contribution in [3.8, 4) is 0 Å². The van der Waals surface area contributed by atoms with Crippen LogP contribution >= 0.6 is 0 Å². The summed E-state index contributed by atoms with van der Waals surface area (Å²) >= 11 is 0. The molecule has 1 aromatic carbocycles. The molecule has 1 aromatic heterocycles. The molecule has 2 aromatic rings. The maximum Gasteiger partial charge on any atom is 0.116 e. The molecular weight excluding hydrogens is 258 g/mol. The van der Waals surface area contributed by atoms with E-state index in [9.17, 15) is 0 Å². The lowest BCUT2D eigenvalue weighted by Gasteiger charge is -2.30. The van der Waals surface area contributed by atoms with Crippen molar-refractivity contribution in [2.45, 2.75) is 76.5 Å². The van der Waals surface area contributed by atoms with Gasteiger partial charge in [0.2, 0.25) is 0 Å². The molecule has 114 valence electrons. The number of aromatic amines is 1. The first-order valence-corrected chi connectivity index (χ1v) is 8.60. The average molecular weight is 285 g/mol. The second kappa shape index (κ2) is 6.59. The number of nitrogens with one attached hydrogen (secondary N) is 1.